The summed E-state index contributed by atoms with van der Waals surface area (Å²) in [5, 5.41) is 24.3. The van der Waals surface area contributed by atoms with E-state index in [1.165, 1.54) is 6.92 Å². The molecule has 0 radical (unpaired) electrons. The summed E-state index contributed by atoms with van der Waals surface area (Å²) in [7, 11) is 0. The summed E-state index contributed by atoms with van der Waals surface area (Å²) in [5.74, 6) is -1.03. The third-order valence-corrected chi connectivity index (χ3v) is 1.35. The Morgan fingerprint density at radius 2 is 1.46 bits per heavy atom. The number of unbranched alkanes of at least 4 members (excludes halogenated alkanes) is 1. The van der Waals surface area contributed by atoms with Crippen molar-refractivity contribution in [3.63, 3.8) is 0 Å². The highest BCUT2D eigenvalue weighted by molar-refractivity contribution is 8.01. The minimum Gasteiger partial charge on any atom is -0.480 e. The SMILES string of the molecule is CC(S)(S)C(=O)O.OCCCCO. The Hall–Kier alpha value is 0.0900. The van der Waals surface area contributed by atoms with E-state index in [0.29, 0.717) is 0 Å². The number of carboxylic acid groups (broad SMARTS) is 1. The summed E-state index contributed by atoms with van der Waals surface area (Å²) >= 11 is 7.23. The summed E-state index contributed by atoms with van der Waals surface area (Å²) in [6, 6.07) is 0. The number of aliphatic carboxylic acids is 1. The summed E-state index contributed by atoms with van der Waals surface area (Å²) in [4.78, 5) is 9.87. The van der Waals surface area contributed by atoms with Crippen molar-refractivity contribution in [3.05, 3.63) is 0 Å². The van der Waals surface area contributed by atoms with Gasteiger partial charge in [-0.25, -0.2) is 4.79 Å². The lowest BCUT2D eigenvalue weighted by Crippen LogP contribution is -2.20. The molecule has 4 nitrogen and oxygen atoms in total. The Labute approximate surface area is 88.8 Å². The number of thiol groups is 2. The zero-order valence-electron chi connectivity index (χ0n) is 7.47. The van der Waals surface area contributed by atoms with Crippen LogP contribution in [-0.2, 0) is 4.79 Å². The molecule has 0 fully saturated rings. The maximum absolute atomic E-state index is 9.87. The van der Waals surface area contributed by atoms with Crippen LogP contribution in [0.3, 0.4) is 0 Å². The van der Waals surface area contributed by atoms with Crippen LogP contribution in [0.4, 0.5) is 0 Å². The molecule has 0 unspecified atom stereocenters. The quantitative estimate of drug-likeness (QED) is 0.274. The minimum atomic E-state index is -1.19. The van der Waals surface area contributed by atoms with Gasteiger partial charge in [0.15, 0.2) is 0 Å². The Balaban J connectivity index is 0. The second kappa shape index (κ2) is 8.68. The van der Waals surface area contributed by atoms with Crippen molar-refractivity contribution < 1.29 is 20.1 Å². The number of aliphatic hydroxyl groups is 2. The molecule has 3 N–H and O–H groups in total. The van der Waals surface area contributed by atoms with Crippen molar-refractivity contribution >= 4 is 31.2 Å². The minimum absolute atomic E-state index is 0.195. The van der Waals surface area contributed by atoms with Gasteiger partial charge in [-0.05, 0) is 19.8 Å². The molecule has 0 aliphatic carbocycles. The third-order valence-electron chi connectivity index (χ3n) is 0.971. The number of carbonyl (C=O) groups is 1. The third kappa shape index (κ3) is 14.9. The summed E-state index contributed by atoms with van der Waals surface area (Å²) < 4.78 is -1.19. The molecular weight excluding hydrogens is 212 g/mol. The van der Waals surface area contributed by atoms with Crippen molar-refractivity contribution in [2.75, 3.05) is 13.2 Å². The largest absolute Gasteiger partial charge is 0.480 e. The molecule has 0 saturated carbocycles. The molecule has 0 amide bonds. The van der Waals surface area contributed by atoms with Crippen LogP contribution in [0, 0.1) is 0 Å². The fraction of sp³-hybridized carbons (Fsp3) is 0.857. The van der Waals surface area contributed by atoms with E-state index in [0.717, 1.165) is 12.8 Å². The second-order valence-electron chi connectivity index (χ2n) is 2.48. The lowest BCUT2D eigenvalue weighted by molar-refractivity contribution is -0.136. The number of carboxylic acids is 1. The van der Waals surface area contributed by atoms with Crippen molar-refractivity contribution in [1.82, 2.24) is 0 Å². The molecule has 6 heteroatoms. The molecule has 0 aromatic rings. The molecule has 0 aromatic heterocycles. The van der Waals surface area contributed by atoms with Gasteiger partial charge in [-0.2, -0.15) is 25.3 Å². The lowest BCUT2D eigenvalue weighted by atomic mass is 10.3. The standard InChI is InChI=1S/C4H10O2.C3H6O2S2/c5-3-1-2-4-6;1-3(6,7)2(4)5/h5-6H,1-4H2;6-7H,1H3,(H,4,5). The predicted molar refractivity (Wildman–Crippen MR) is 57.4 cm³/mol. The van der Waals surface area contributed by atoms with E-state index in [9.17, 15) is 4.79 Å². The molecule has 0 rings (SSSR count). The van der Waals surface area contributed by atoms with Gasteiger partial charge < -0.3 is 15.3 Å². The van der Waals surface area contributed by atoms with E-state index < -0.39 is 10.0 Å². The maximum Gasteiger partial charge on any atom is 0.329 e. The number of hydrogen-bond donors (Lipinski definition) is 5. The van der Waals surface area contributed by atoms with Gasteiger partial charge in [0.05, 0.1) is 0 Å². The Bertz CT molecular complexity index is 129. The van der Waals surface area contributed by atoms with Gasteiger partial charge in [0, 0.05) is 13.2 Å². The zero-order chi connectivity index (χ0) is 10.9. The zero-order valence-corrected chi connectivity index (χ0v) is 9.26. The van der Waals surface area contributed by atoms with Crippen LogP contribution in [0.5, 0.6) is 0 Å². The molecule has 0 aliphatic heterocycles. The smallest absolute Gasteiger partial charge is 0.329 e. The van der Waals surface area contributed by atoms with Crippen LogP contribution in [0.25, 0.3) is 0 Å². The number of hydrogen-bond acceptors (Lipinski definition) is 5. The van der Waals surface area contributed by atoms with Crippen LogP contribution in [-0.4, -0.2) is 38.6 Å². The van der Waals surface area contributed by atoms with Crippen LogP contribution < -0.4 is 0 Å². The van der Waals surface area contributed by atoms with Gasteiger partial charge in [-0.3, -0.25) is 0 Å². The first-order valence-corrected chi connectivity index (χ1v) is 4.65. The van der Waals surface area contributed by atoms with Crippen LogP contribution in [0.1, 0.15) is 19.8 Å². The Morgan fingerprint density at radius 3 is 1.54 bits per heavy atom. The number of rotatable bonds is 4. The summed E-state index contributed by atoms with van der Waals surface area (Å²) in [5.41, 5.74) is 0. The van der Waals surface area contributed by atoms with Gasteiger partial charge in [0.25, 0.3) is 0 Å². The average Bonchev–Trinajstić information content (AvgIpc) is 2.00. The van der Waals surface area contributed by atoms with E-state index in [1.807, 2.05) is 0 Å². The van der Waals surface area contributed by atoms with Crippen molar-refractivity contribution in [2.45, 2.75) is 23.8 Å². The normalized spacial score (nSPS) is 10.2. The predicted octanol–water partition coefficient (Wildman–Crippen LogP) is 0.398. The summed E-state index contributed by atoms with van der Waals surface area (Å²) in [6.07, 6.45) is 1.44. The molecule has 0 heterocycles. The van der Waals surface area contributed by atoms with Gasteiger partial charge in [-0.15, -0.1) is 0 Å². The fourth-order valence-corrected chi connectivity index (χ4v) is 0.224. The molecule has 0 aromatic carbocycles. The first-order chi connectivity index (χ1) is 5.86. The highest BCUT2D eigenvalue weighted by Crippen LogP contribution is 2.16. The topological polar surface area (TPSA) is 77.8 Å². The first-order valence-electron chi connectivity index (χ1n) is 3.76. The van der Waals surface area contributed by atoms with Gasteiger partial charge >= 0.3 is 5.97 Å². The first kappa shape index (κ1) is 15.6. The van der Waals surface area contributed by atoms with Crippen molar-refractivity contribution in [3.8, 4) is 0 Å². The van der Waals surface area contributed by atoms with Crippen LogP contribution >= 0.6 is 25.3 Å². The van der Waals surface area contributed by atoms with Crippen LogP contribution in [0.15, 0.2) is 0 Å². The van der Waals surface area contributed by atoms with Crippen molar-refractivity contribution in [1.29, 1.82) is 0 Å². The molecule has 0 spiro atoms. The van der Waals surface area contributed by atoms with E-state index in [-0.39, 0.29) is 13.2 Å². The molecule has 0 bridgehead atoms. The maximum atomic E-state index is 9.87. The number of aliphatic hydroxyl groups excluding tert-OH is 2. The van der Waals surface area contributed by atoms with Gasteiger partial charge in [-0.1, -0.05) is 0 Å². The monoisotopic (exact) mass is 228 g/mol. The van der Waals surface area contributed by atoms with Crippen LogP contribution in [0.2, 0.25) is 0 Å². The van der Waals surface area contributed by atoms with Gasteiger partial charge in [0.1, 0.15) is 4.08 Å². The second-order valence-corrected chi connectivity index (χ2v) is 4.62. The molecule has 13 heavy (non-hydrogen) atoms. The van der Waals surface area contributed by atoms with E-state index in [2.05, 4.69) is 25.3 Å². The molecule has 0 aliphatic rings. The Morgan fingerprint density at radius 1 is 1.23 bits per heavy atom. The molecule has 80 valence electrons. The van der Waals surface area contributed by atoms with E-state index in [1.54, 1.807) is 0 Å². The van der Waals surface area contributed by atoms with Gasteiger partial charge in [0.2, 0.25) is 0 Å². The molecular formula is C7H16O4S2. The van der Waals surface area contributed by atoms with E-state index in [4.69, 9.17) is 15.3 Å². The summed E-state index contributed by atoms with van der Waals surface area (Å²) in [6.45, 7) is 1.78. The lowest BCUT2D eigenvalue weighted by Gasteiger charge is -2.06. The average molecular weight is 228 g/mol. The Kier molecular flexibility index (Phi) is 10.4. The van der Waals surface area contributed by atoms with E-state index >= 15 is 0 Å². The molecule has 0 atom stereocenters. The van der Waals surface area contributed by atoms with Crippen molar-refractivity contribution in [2.24, 2.45) is 0 Å². The highest BCUT2D eigenvalue weighted by Gasteiger charge is 2.21. The molecule has 0 saturated heterocycles. The fourth-order valence-electron chi connectivity index (χ4n) is 0.224. The highest BCUT2D eigenvalue weighted by atomic mass is 32.2.